The molecule has 0 atom stereocenters. The summed E-state index contributed by atoms with van der Waals surface area (Å²) in [4.78, 5) is 40.9. The monoisotopic (exact) mass is 579 g/mol. The zero-order valence-corrected chi connectivity index (χ0v) is 22.0. The number of hydrogen-bond acceptors (Lipinski definition) is 7. The smallest absolute Gasteiger partial charge is 0.416 e. The lowest BCUT2D eigenvalue weighted by Crippen LogP contribution is -2.32. The number of thioether (sulfide) groups is 1. The minimum Gasteiger partial charge on any atom is -0.497 e. The number of anilines is 3. The van der Waals surface area contributed by atoms with Gasteiger partial charge in [0.25, 0.3) is 17.7 Å². The number of nitrogens with one attached hydrogen (secondary N) is 2. The molecule has 3 amide bonds. The van der Waals surface area contributed by atoms with Gasteiger partial charge in [0.1, 0.15) is 16.4 Å². The maximum atomic E-state index is 13.6. The van der Waals surface area contributed by atoms with Gasteiger partial charge < -0.3 is 19.8 Å². The molecule has 0 unspecified atom stereocenters. The first kappa shape index (κ1) is 27.6. The molecule has 2 heterocycles. The number of nitrogens with zero attached hydrogens (tertiary/aromatic N) is 1. The second-order valence-electron chi connectivity index (χ2n) is 8.61. The molecular weight excluding hydrogens is 559 g/mol. The summed E-state index contributed by atoms with van der Waals surface area (Å²) in [6.45, 7) is 0. The van der Waals surface area contributed by atoms with Crippen LogP contribution in [0.1, 0.15) is 16.1 Å². The number of carbonyl (C=O) groups is 3. The van der Waals surface area contributed by atoms with E-state index in [4.69, 9.17) is 9.15 Å². The third-order valence-electron chi connectivity index (χ3n) is 5.91. The number of hydrogen-bond donors (Lipinski definition) is 2. The van der Waals surface area contributed by atoms with E-state index in [1.54, 1.807) is 54.6 Å². The summed E-state index contributed by atoms with van der Waals surface area (Å²) in [7, 11) is 1.51. The van der Waals surface area contributed by atoms with Crippen LogP contribution in [0.15, 0.2) is 111 Å². The van der Waals surface area contributed by atoms with Crippen molar-refractivity contribution >= 4 is 46.5 Å². The molecule has 0 spiro atoms. The minimum atomic E-state index is -4.57. The highest BCUT2D eigenvalue weighted by Gasteiger charge is 2.41. The molecule has 0 saturated heterocycles. The van der Waals surface area contributed by atoms with Crippen molar-refractivity contribution in [3.8, 4) is 5.75 Å². The fraction of sp³-hybridized carbons (Fsp3) is 0.0690. The van der Waals surface area contributed by atoms with Crippen LogP contribution >= 0.6 is 11.8 Å². The van der Waals surface area contributed by atoms with Crippen molar-refractivity contribution in [1.29, 1.82) is 0 Å². The first-order chi connectivity index (χ1) is 19.6. The number of methoxy groups -OCH3 is 1. The average molecular weight is 580 g/mol. The Hall–Kier alpha value is -4.97. The van der Waals surface area contributed by atoms with E-state index in [0.29, 0.717) is 22.0 Å². The number of alkyl halides is 3. The molecule has 8 nitrogen and oxygen atoms in total. The molecule has 0 bridgehead atoms. The van der Waals surface area contributed by atoms with Gasteiger partial charge in [-0.3, -0.25) is 14.4 Å². The second kappa shape index (κ2) is 11.3. The van der Waals surface area contributed by atoms with Crippen LogP contribution in [0.25, 0.3) is 0 Å². The highest BCUT2D eigenvalue weighted by atomic mass is 32.2. The van der Waals surface area contributed by atoms with Gasteiger partial charge in [-0.15, -0.1) is 0 Å². The lowest BCUT2D eigenvalue weighted by atomic mass is 10.2. The number of halogens is 3. The van der Waals surface area contributed by atoms with Gasteiger partial charge in [0.05, 0.1) is 24.6 Å². The Bertz CT molecular complexity index is 1630. The largest absolute Gasteiger partial charge is 0.497 e. The van der Waals surface area contributed by atoms with Crippen molar-refractivity contribution in [1.82, 2.24) is 0 Å². The maximum Gasteiger partial charge on any atom is 0.416 e. The van der Waals surface area contributed by atoms with Crippen molar-refractivity contribution in [2.75, 3.05) is 22.6 Å². The fourth-order valence-corrected chi connectivity index (χ4v) is 4.91. The SMILES string of the molecule is COc1ccc(NC2=C(Sc3cccc(NC(=O)c4ccco4)c3)C(=O)N(c3ccc(C(F)(F)F)cc3)C2=O)cc1. The minimum absolute atomic E-state index is 0.0141. The lowest BCUT2D eigenvalue weighted by Gasteiger charge is -2.16. The van der Waals surface area contributed by atoms with Crippen molar-refractivity contribution in [2.45, 2.75) is 11.1 Å². The molecular formula is C29H20F3N3O5S. The van der Waals surface area contributed by atoms with Crippen LogP contribution in [0.2, 0.25) is 0 Å². The molecule has 208 valence electrons. The number of furan rings is 1. The number of benzene rings is 3. The van der Waals surface area contributed by atoms with Crippen LogP contribution in [0.4, 0.5) is 30.2 Å². The molecule has 2 N–H and O–H groups in total. The van der Waals surface area contributed by atoms with Crippen LogP contribution in [-0.2, 0) is 15.8 Å². The Labute approximate surface area is 235 Å². The van der Waals surface area contributed by atoms with Crippen LogP contribution in [0.3, 0.4) is 0 Å². The molecule has 0 fully saturated rings. The first-order valence-electron chi connectivity index (χ1n) is 12.0. The van der Waals surface area contributed by atoms with E-state index < -0.39 is 29.5 Å². The van der Waals surface area contributed by atoms with E-state index in [2.05, 4.69) is 10.6 Å². The summed E-state index contributed by atoms with van der Waals surface area (Å²) in [6, 6.07) is 20.1. The van der Waals surface area contributed by atoms with E-state index in [1.807, 2.05) is 0 Å². The summed E-state index contributed by atoms with van der Waals surface area (Å²) in [5.41, 5.74) is -0.0908. The highest BCUT2D eigenvalue weighted by Crippen LogP contribution is 2.39. The van der Waals surface area contributed by atoms with Gasteiger partial charge in [0.15, 0.2) is 5.76 Å². The van der Waals surface area contributed by atoms with Gasteiger partial charge in [-0.25, -0.2) is 4.90 Å². The third kappa shape index (κ3) is 5.97. The van der Waals surface area contributed by atoms with E-state index in [1.165, 1.54) is 19.4 Å². The third-order valence-corrected chi connectivity index (χ3v) is 6.98. The second-order valence-corrected chi connectivity index (χ2v) is 9.69. The summed E-state index contributed by atoms with van der Waals surface area (Å²) in [5, 5.41) is 5.67. The Balaban J connectivity index is 1.46. The quantitative estimate of drug-likeness (QED) is 0.228. The van der Waals surface area contributed by atoms with Crippen molar-refractivity contribution < 1.29 is 36.7 Å². The van der Waals surface area contributed by atoms with Gasteiger partial charge in [-0.2, -0.15) is 13.2 Å². The summed E-state index contributed by atoms with van der Waals surface area (Å²) < 4.78 is 49.5. The van der Waals surface area contributed by atoms with Gasteiger partial charge >= 0.3 is 6.18 Å². The van der Waals surface area contributed by atoms with Gasteiger partial charge in [0.2, 0.25) is 0 Å². The number of ether oxygens (including phenoxy) is 1. The summed E-state index contributed by atoms with van der Waals surface area (Å²) in [5.74, 6) is -1.25. The average Bonchev–Trinajstić information content (AvgIpc) is 3.57. The van der Waals surface area contributed by atoms with E-state index in [9.17, 15) is 27.6 Å². The molecule has 12 heteroatoms. The van der Waals surface area contributed by atoms with E-state index in [-0.39, 0.29) is 22.0 Å². The Kier molecular flexibility index (Phi) is 7.58. The van der Waals surface area contributed by atoms with Crippen LogP contribution in [-0.4, -0.2) is 24.8 Å². The van der Waals surface area contributed by atoms with Crippen molar-refractivity contribution in [3.05, 3.63) is 113 Å². The van der Waals surface area contributed by atoms with Gasteiger partial charge in [-0.1, -0.05) is 17.8 Å². The maximum absolute atomic E-state index is 13.6. The molecule has 3 aromatic carbocycles. The van der Waals surface area contributed by atoms with E-state index in [0.717, 1.165) is 40.9 Å². The van der Waals surface area contributed by atoms with Crippen LogP contribution in [0, 0.1) is 0 Å². The standard InChI is InChI=1S/C29H20F3N3O5S/c1-39-21-13-9-18(10-14-21)33-24-25(28(38)35(27(24)37)20-11-7-17(8-12-20)29(30,31)32)41-22-5-2-4-19(16-22)34-26(36)23-6-3-15-40-23/h2-16,33H,1H3,(H,34,36). The zero-order valence-electron chi connectivity index (χ0n) is 21.2. The molecule has 41 heavy (non-hydrogen) atoms. The fourth-order valence-electron chi connectivity index (χ4n) is 3.92. The molecule has 0 radical (unpaired) electrons. The number of rotatable bonds is 8. The Morgan fingerprint density at radius 3 is 2.27 bits per heavy atom. The first-order valence-corrected chi connectivity index (χ1v) is 12.8. The molecule has 1 aromatic heterocycles. The van der Waals surface area contributed by atoms with Crippen LogP contribution in [0.5, 0.6) is 5.75 Å². The molecule has 4 aromatic rings. The molecule has 0 saturated carbocycles. The molecule has 1 aliphatic heterocycles. The molecule has 5 rings (SSSR count). The lowest BCUT2D eigenvalue weighted by molar-refractivity contribution is -0.137. The van der Waals surface area contributed by atoms with E-state index >= 15 is 0 Å². The van der Waals surface area contributed by atoms with Gasteiger partial charge in [0, 0.05) is 16.3 Å². The predicted octanol–water partition coefficient (Wildman–Crippen LogP) is 6.55. The highest BCUT2D eigenvalue weighted by molar-refractivity contribution is 8.04. The van der Waals surface area contributed by atoms with Crippen molar-refractivity contribution in [2.24, 2.45) is 0 Å². The molecule has 0 aliphatic carbocycles. The predicted molar refractivity (Wildman–Crippen MR) is 147 cm³/mol. The molecule has 1 aliphatic rings. The topological polar surface area (TPSA) is 101 Å². The van der Waals surface area contributed by atoms with Gasteiger partial charge in [-0.05, 0) is 78.9 Å². The summed E-state index contributed by atoms with van der Waals surface area (Å²) in [6.07, 6.45) is -3.20. The number of imide groups is 1. The van der Waals surface area contributed by atoms with Crippen molar-refractivity contribution in [3.63, 3.8) is 0 Å². The Morgan fingerprint density at radius 1 is 0.902 bits per heavy atom. The normalized spacial score (nSPS) is 13.5. The number of carbonyl (C=O) groups excluding carboxylic acids is 3. The summed E-state index contributed by atoms with van der Waals surface area (Å²) >= 11 is 0.968. The van der Waals surface area contributed by atoms with Crippen LogP contribution < -0.4 is 20.3 Å². The zero-order chi connectivity index (χ0) is 29.1. The Morgan fingerprint density at radius 2 is 1.63 bits per heavy atom. The number of amides is 3.